The highest BCUT2D eigenvalue weighted by Gasteiger charge is 2.26. The van der Waals surface area contributed by atoms with Crippen molar-refractivity contribution in [1.29, 1.82) is 0 Å². The lowest BCUT2D eigenvalue weighted by molar-refractivity contribution is 0.0906. The topological polar surface area (TPSA) is 82.2 Å². The highest BCUT2D eigenvalue weighted by molar-refractivity contribution is 5.93. The number of aliphatic hydroxyl groups excluding tert-OH is 1. The number of rotatable bonds is 7. The first-order chi connectivity index (χ1) is 9.08. The van der Waals surface area contributed by atoms with Gasteiger partial charge in [-0.05, 0) is 36.8 Å². The molecule has 0 aliphatic rings. The van der Waals surface area contributed by atoms with Gasteiger partial charge in [0.1, 0.15) is 5.56 Å². The van der Waals surface area contributed by atoms with Crippen molar-refractivity contribution in [2.75, 3.05) is 13.2 Å². The van der Waals surface area contributed by atoms with E-state index in [0.717, 1.165) is 12.8 Å². The molecule has 0 aromatic carbocycles. The monoisotopic (exact) mass is 266 g/mol. The van der Waals surface area contributed by atoms with Crippen LogP contribution >= 0.6 is 0 Å². The number of amides is 1. The van der Waals surface area contributed by atoms with Crippen molar-refractivity contribution in [3.63, 3.8) is 0 Å². The molecule has 106 valence electrons. The van der Waals surface area contributed by atoms with E-state index in [2.05, 4.69) is 10.3 Å². The summed E-state index contributed by atoms with van der Waals surface area (Å²) in [5.41, 5.74) is -0.375. The van der Waals surface area contributed by atoms with E-state index in [1.807, 2.05) is 13.8 Å². The first-order valence-electron chi connectivity index (χ1n) is 6.65. The summed E-state index contributed by atoms with van der Waals surface area (Å²) in [6.45, 7) is 4.65. The molecule has 1 amide bonds. The lowest BCUT2D eigenvalue weighted by atomic mass is 9.79. The van der Waals surface area contributed by atoms with Crippen LogP contribution in [0.4, 0.5) is 0 Å². The maximum absolute atomic E-state index is 12.0. The molecule has 0 fully saturated rings. The van der Waals surface area contributed by atoms with E-state index in [9.17, 15) is 9.59 Å². The van der Waals surface area contributed by atoms with Gasteiger partial charge < -0.3 is 15.4 Å². The Kier molecular flexibility index (Phi) is 5.76. The minimum Gasteiger partial charge on any atom is -0.396 e. The number of carbonyl (C=O) groups is 1. The summed E-state index contributed by atoms with van der Waals surface area (Å²) in [7, 11) is 0. The van der Waals surface area contributed by atoms with Crippen molar-refractivity contribution in [2.45, 2.75) is 33.1 Å². The largest absolute Gasteiger partial charge is 0.396 e. The lowest BCUT2D eigenvalue weighted by Gasteiger charge is -2.31. The SMILES string of the molecule is CCC(CC)(CCO)CNC(=O)c1ccc[nH]c1=O. The zero-order chi connectivity index (χ0) is 14.3. The van der Waals surface area contributed by atoms with Gasteiger partial charge in [0.05, 0.1) is 0 Å². The van der Waals surface area contributed by atoms with Gasteiger partial charge in [0.25, 0.3) is 11.5 Å². The normalized spacial score (nSPS) is 11.3. The number of aliphatic hydroxyl groups is 1. The molecule has 0 atom stereocenters. The average molecular weight is 266 g/mol. The quantitative estimate of drug-likeness (QED) is 0.695. The summed E-state index contributed by atoms with van der Waals surface area (Å²) in [6, 6.07) is 3.12. The van der Waals surface area contributed by atoms with Crippen molar-refractivity contribution >= 4 is 5.91 Å². The summed E-state index contributed by atoms with van der Waals surface area (Å²) in [4.78, 5) is 25.9. The summed E-state index contributed by atoms with van der Waals surface area (Å²) in [6.07, 6.45) is 3.88. The molecule has 1 rings (SSSR count). The minimum absolute atomic E-state index is 0.101. The molecule has 0 aliphatic heterocycles. The predicted octanol–water partition coefficient (Wildman–Crippen LogP) is 1.29. The Hall–Kier alpha value is -1.62. The van der Waals surface area contributed by atoms with Gasteiger partial charge in [0.2, 0.25) is 0 Å². The number of pyridine rings is 1. The van der Waals surface area contributed by atoms with Crippen LogP contribution in [0.1, 0.15) is 43.5 Å². The number of carbonyl (C=O) groups excluding carboxylic acids is 1. The molecule has 3 N–H and O–H groups in total. The van der Waals surface area contributed by atoms with Gasteiger partial charge in [-0.3, -0.25) is 9.59 Å². The van der Waals surface area contributed by atoms with Crippen LogP contribution in [-0.2, 0) is 0 Å². The van der Waals surface area contributed by atoms with Crippen molar-refractivity contribution in [2.24, 2.45) is 5.41 Å². The zero-order valence-electron chi connectivity index (χ0n) is 11.5. The van der Waals surface area contributed by atoms with Gasteiger partial charge in [-0.2, -0.15) is 0 Å². The molecule has 0 bridgehead atoms. The lowest BCUT2D eigenvalue weighted by Crippen LogP contribution is -2.39. The first-order valence-corrected chi connectivity index (χ1v) is 6.65. The Balaban J connectivity index is 2.72. The molecule has 0 aliphatic carbocycles. The third-order valence-electron chi connectivity index (χ3n) is 3.83. The van der Waals surface area contributed by atoms with Crippen LogP contribution in [0, 0.1) is 5.41 Å². The molecule has 1 aromatic rings. The third-order valence-corrected chi connectivity index (χ3v) is 3.83. The minimum atomic E-state index is -0.388. The maximum Gasteiger partial charge on any atom is 0.260 e. The first kappa shape index (κ1) is 15.4. The van der Waals surface area contributed by atoms with Gasteiger partial charge in [-0.1, -0.05) is 13.8 Å². The smallest absolute Gasteiger partial charge is 0.260 e. The fourth-order valence-corrected chi connectivity index (χ4v) is 2.14. The fraction of sp³-hybridized carbons (Fsp3) is 0.571. The van der Waals surface area contributed by atoms with Crippen LogP contribution in [0.15, 0.2) is 23.1 Å². The molecule has 1 heterocycles. The number of hydrogen-bond acceptors (Lipinski definition) is 3. The average Bonchev–Trinajstić information content (AvgIpc) is 2.44. The Bertz CT molecular complexity index is 464. The van der Waals surface area contributed by atoms with Gasteiger partial charge >= 0.3 is 0 Å². The number of aromatic nitrogens is 1. The van der Waals surface area contributed by atoms with Crippen LogP contribution in [0.3, 0.4) is 0 Å². The highest BCUT2D eigenvalue weighted by atomic mass is 16.3. The molecule has 1 aromatic heterocycles. The number of nitrogens with one attached hydrogen (secondary N) is 2. The van der Waals surface area contributed by atoms with Crippen LogP contribution in [0.25, 0.3) is 0 Å². The van der Waals surface area contributed by atoms with E-state index in [4.69, 9.17) is 5.11 Å². The van der Waals surface area contributed by atoms with E-state index >= 15 is 0 Å². The van der Waals surface area contributed by atoms with Gasteiger partial charge in [-0.15, -0.1) is 0 Å². The molecule has 0 saturated carbocycles. The number of H-pyrrole nitrogens is 1. The Morgan fingerprint density at radius 2 is 2.11 bits per heavy atom. The third kappa shape index (κ3) is 3.92. The van der Waals surface area contributed by atoms with E-state index < -0.39 is 0 Å². The van der Waals surface area contributed by atoms with E-state index in [-0.39, 0.29) is 29.1 Å². The second kappa shape index (κ2) is 7.09. The standard InChI is InChI=1S/C14H22N2O3/c1-3-14(4-2,7-9-17)10-16-13(19)11-6-5-8-15-12(11)18/h5-6,8,17H,3-4,7,9-10H2,1-2H3,(H,15,18)(H,16,19). The molecule has 0 saturated heterocycles. The summed E-state index contributed by atoms with van der Waals surface area (Å²) >= 11 is 0. The molecule has 0 spiro atoms. The zero-order valence-corrected chi connectivity index (χ0v) is 11.5. The summed E-state index contributed by atoms with van der Waals surface area (Å²) < 4.78 is 0. The summed E-state index contributed by atoms with van der Waals surface area (Å²) in [5.74, 6) is -0.369. The molecular weight excluding hydrogens is 244 g/mol. The Morgan fingerprint density at radius 3 is 2.63 bits per heavy atom. The second-order valence-electron chi connectivity index (χ2n) is 4.78. The van der Waals surface area contributed by atoms with Crippen LogP contribution in [-0.4, -0.2) is 29.1 Å². The number of hydrogen-bond donors (Lipinski definition) is 3. The molecule has 0 unspecified atom stereocenters. The van der Waals surface area contributed by atoms with E-state index in [0.29, 0.717) is 13.0 Å². The van der Waals surface area contributed by atoms with Crippen molar-refractivity contribution in [3.8, 4) is 0 Å². The Labute approximate surface area is 113 Å². The highest BCUT2D eigenvalue weighted by Crippen LogP contribution is 2.29. The summed E-state index contributed by atoms with van der Waals surface area (Å²) in [5, 5.41) is 11.9. The molecule has 5 nitrogen and oxygen atoms in total. The van der Waals surface area contributed by atoms with E-state index in [1.165, 1.54) is 12.3 Å². The maximum atomic E-state index is 12.0. The molecular formula is C14H22N2O3. The van der Waals surface area contributed by atoms with Gasteiger partial charge in [-0.25, -0.2) is 0 Å². The van der Waals surface area contributed by atoms with Crippen molar-refractivity contribution in [3.05, 3.63) is 34.2 Å². The molecule has 19 heavy (non-hydrogen) atoms. The second-order valence-corrected chi connectivity index (χ2v) is 4.78. The van der Waals surface area contributed by atoms with Crippen molar-refractivity contribution in [1.82, 2.24) is 10.3 Å². The van der Waals surface area contributed by atoms with Gasteiger partial charge in [0, 0.05) is 19.3 Å². The van der Waals surface area contributed by atoms with Crippen LogP contribution in [0.5, 0.6) is 0 Å². The van der Waals surface area contributed by atoms with E-state index in [1.54, 1.807) is 6.07 Å². The van der Waals surface area contributed by atoms with Crippen LogP contribution < -0.4 is 10.9 Å². The van der Waals surface area contributed by atoms with Crippen LogP contribution in [0.2, 0.25) is 0 Å². The molecule has 0 radical (unpaired) electrons. The fourth-order valence-electron chi connectivity index (χ4n) is 2.14. The Morgan fingerprint density at radius 1 is 1.42 bits per heavy atom. The predicted molar refractivity (Wildman–Crippen MR) is 74.1 cm³/mol. The molecule has 5 heteroatoms. The number of aromatic amines is 1. The van der Waals surface area contributed by atoms with Gasteiger partial charge in [0.15, 0.2) is 0 Å². The van der Waals surface area contributed by atoms with Crippen molar-refractivity contribution < 1.29 is 9.90 Å².